The van der Waals surface area contributed by atoms with Crippen LogP contribution in [0.4, 0.5) is 0 Å². The van der Waals surface area contributed by atoms with Gasteiger partial charge in [-0.25, -0.2) is 0 Å². The molecule has 0 aliphatic heterocycles. The monoisotopic (exact) mass is 293 g/mol. The Morgan fingerprint density at radius 3 is 2.19 bits per heavy atom. The van der Waals surface area contributed by atoms with Gasteiger partial charge >= 0.3 is 0 Å². The highest BCUT2D eigenvalue weighted by Crippen LogP contribution is 2.24. The zero-order chi connectivity index (χ0) is 16.2. The van der Waals surface area contributed by atoms with Crippen LogP contribution in [0, 0.1) is 20.8 Å². The van der Waals surface area contributed by atoms with Crippen molar-refractivity contribution in [2.24, 2.45) is 0 Å². The number of rotatable bonds is 6. The minimum atomic E-state index is -0.901. The molecular weight excluding hydrogens is 266 g/mol. The van der Waals surface area contributed by atoms with Crippen LogP contribution in [0.25, 0.3) is 0 Å². The number of benzene rings is 1. The van der Waals surface area contributed by atoms with Gasteiger partial charge in [0.25, 0.3) is 5.91 Å². The van der Waals surface area contributed by atoms with Crippen molar-refractivity contribution in [3.05, 3.63) is 28.8 Å². The number of aliphatic hydroxyl groups is 1. The van der Waals surface area contributed by atoms with Gasteiger partial charge in [-0.15, -0.1) is 0 Å². The molecule has 118 valence electrons. The number of ether oxygens (including phenoxy) is 1. The maximum atomic E-state index is 12.2. The van der Waals surface area contributed by atoms with Gasteiger partial charge in [0.15, 0.2) is 6.61 Å². The van der Waals surface area contributed by atoms with Crippen molar-refractivity contribution in [3.63, 3.8) is 0 Å². The molecule has 0 aliphatic carbocycles. The van der Waals surface area contributed by atoms with E-state index in [9.17, 15) is 9.90 Å². The Labute approximate surface area is 127 Å². The van der Waals surface area contributed by atoms with Gasteiger partial charge in [-0.3, -0.25) is 4.79 Å². The van der Waals surface area contributed by atoms with E-state index in [0.29, 0.717) is 13.1 Å². The first kappa shape index (κ1) is 17.5. The molecule has 0 aromatic heterocycles. The molecule has 0 fully saturated rings. The molecule has 21 heavy (non-hydrogen) atoms. The number of hydrogen-bond acceptors (Lipinski definition) is 3. The van der Waals surface area contributed by atoms with Gasteiger partial charge in [-0.1, -0.05) is 17.7 Å². The summed E-state index contributed by atoms with van der Waals surface area (Å²) < 4.78 is 5.71. The summed E-state index contributed by atoms with van der Waals surface area (Å²) in [5, 5.41) is 9.84. The Morgan fingerprint density at radius 2 is 1.76 bits per heavy atom. The summed E-state index contributed by atoms with van der Waals surface area (Å²) in [7, 11) is 0. The SMILES string of the molecule is CCN(CC(C)(C)O)C(=O)COc1c(C)cc(C)cc1C. The Hall–Kier alpha value is -1.55. The van der Waals surface area contributed by atoms with Crippen LogP contribution in [0.5, 0.6) is 5.75 Å². The molecule has 0 spiro atoms. The van der Waals surface area contributed by atoms with E-state index in [2.05, 4.69) is 0 Å². The third-order valence-electron chi connectivity index (χ3n) is 3.26. The Bertz CT molecular complexity index is 480. The highest BCUT2D eigenvalue weighted by atomic mass is 16.5. The molecule has 0 bridgehead atoms. The number of carbonyl (C=O) groups excluding carboxylic acids is 1. The molecule has 0 radical (unpaired) electrons. The normalized spacial score (nSPS) is 11.4. The van der Waals surface area contributed by atoms with Crippen LogP contribution in [0.15, 0.2) is 12.1 Å². The van der Waals surface area contributed by atoms with Crippen molar-refractivity contribution in [1.82, 2.24) is 4.90 Å². The quantitative estimate of drug-likeness (QED) is 0.877. The number of likely N-dealkylation sites (N-methyl/N-ethyl adjacent to an activating group) is 1. The second kappa shape index (κ2) is 6.94. The average molecular weight is 293 g/mol. The lowest BCUT2D eigenvalue weighted by atomic mass is 10.1. The summed E-state index contributed by atoms with van der Waals surface area (Å²) >= 11 is 0. The Balaban J connectivity index is 2.72. The molecule has 4 nitrogen and oxygen atoms in total. The molecule has 4 heteroatoms. The summed E-state index contributed by atoms with van der Waals surface area (Å²) in [6.07, 6.45) is 0. The van der Waals surface area contributed by atoms with Gasteiger partial charge in [0.05, 0.1) is 5.60 Å². The predicted octanol–water partition coefficient (Wildman–Crippen LogP) is 2.61. The third-order valence-corrected chi connectivity index (χ3v) is 3.26. The fraction of sp³-hybridized carbons (Fsp3) is 0.588. The smallest absolute Gasteiger partial charge is 0.260 e. The molecule has 0 unspecified atom stereocenters. The molecule has 0 saturated heterocycles. The molecular formula is C17H27NO3. The first-order valence-corrected chi connectivity index (χ1v) is 7.35. The lowest BCUT2D eigenvalue weighted by molar-refractivity contribution is -0.136. The lowest BCUT2D eigenvalue weighted by Crippen LogP contribution is -2.44. The van der Waals surface area contributed by atoms with Crippen molar-refractivity contribution in [1.29, 1.82) is 0 Å². The van der Waals surface area contributed by atoms with Crippen molar-refractivity contribution in [3.8, 4) is 5.75 Å². The van der Waals surface area contributed by atoms with Crippen molar-refractivity contribution in [2.75, 3.05) is 19.7 Å². The predicted molar refractivity (Wildman–Crippen MR) is 84.7 cm³/mol. The molecule has 1 aromatic rings. The molecule has 0 heterocycles. The van der Waals surface area contributed by atoms with E-state index in [0.717, 1.165) is 16.9 Å². The van der Waals surface area contributed by atoms with E-state index < -0.39 is 5.60 Å². The van der Waals surface area contributed by atoms with Crippen molar-refractivity contribution in [2.45, 2.75) is 47.1 Å². The van der Waals surface area contributed by atoms with Crippen LogP contribution in [0.3, 0.4) is 0 Å². The van der Waals surface area contributed by atoms with Crippen LogP contribution in [0.1, 0.15) is 37.5 Å². The second-order valence-electron chi connectivity index (χ2n) is 6.24. The average Bonchev–Trinajstić information content (AvgIpc) is 2.33. The van der Waals surface area contributed by atoms with E-state index in [1.165, 1.54) is 5.56 Å². The van der Waals surface area contributed by atoms with E-state index in [1.807, 2.05) is 39.8 Å². The summed E-state index contributed by atoms with van der Waals surface area (Å²) in [6, 6.07) is 4.09. The van der Waals surface area contributed by atoms with E-state index in [1.54, 1.807) is 18.7 Å². The topological polar surface area (TPSA) is 49.8 Å². The van der Waals surface area contributed by atoms with Gasteiger partial charge in [-0.2, -0.15) is 0 Å². The van der Waals surface area contributed by atoms with Crippen molar-refractivity contribution < 1.29 is 14.6 Å². The first-order chi connectivity index (χ1) is 9.64. The minimum absolute atomic E-state index is 0.00530. The van der Waals surface area contributed by atoms with Gasteiger partial charge in [0, 0.05) is 13.1 Å². The molecule has 0 aliphatic rings. The molecule has 1 aromatic carbocycles. The van der Waals surface area contributed by atoms with Gasteiger partial charge < -0.3 is 14.7 Å². The van der Waals surface area contributed by atoms with Crippen LogP contribution < -0.4 is 4.74 Å². The number of aryl methyl sites for hydroxylation is 3. The summed E-state index contributed by atoms with van der Waals surface area (Å²) in [5.74, 6) is 0.660. The Morgan fingerprint density at radius 1 is 1.24 bits per heavy atom. The minimum Gasteiger partial charge on any atom is -0.483 e. The molecule has 0 saturated carbocycles. The van der Waals surface area contributed by atoms with Crippen molar-refractivity contribution >= 4 is 5.91 Å². The molecule has 1 amide bonds. The molecule has 0 atom stereocenters. The molecule has 1 N–H and O–H groups in total. The van der Waals surface area contributed by atoms with Crippen LogP contribution in [-0.2, 0) is 4.79 Å². The Kier molecular flexibility index (Phi) is 5.78. The summed E-state index contributed by atoms with van der Waals surface area (Å²) in [4.78, 5) is 13.8. The van der Waals surface area contributed by atoms with Gasteiger partial charge in [0.1, 0.15) is 5.75 Å². The van der Waals surface area contributed by atoms with Gasteiger partial charge in [-0.05, 0) is 52.7 Å². The number of nitrogens with zero attached hydrogens (tertiary/aromatic N) is 1. The summed E-state index contributed by atoms with van der Waals surface area (Å²) in [5.41, 5.74) is 2.35. The molecule has 1 rings (SSSR count). The van der Waals surface area contributed by atoms with E-state index in [4.69, 9.17) is 4.74 Å². The highest BCUT2D eigenvalue weighted by molar-refractivity contribution is 5.78. The second-order valence-corrected chi connectivity index (χ2v) is 6.24. The fourth-order valence-corrected chi connectivity index (χ4v) is 2.46. The summed E-state index contributed by atoms with van der Waals surface area (Å²) in [6.45, 7) is 12.1. The van der Waals surface area contributed by atoms with Crippen LogP contribution in [0.2, 0.25) is 0 Å². The van der Waals surface area contributed by atoms with Gasteiger partial charge in [0.2, 0.25) is 0 Å². The standard InChI is InChI=1S/C17H27NO3/c1-7-18(11-17(5,6)20)15(19)10-21-16-13(3)8-12(2)9-14(16)4/h8-9,20H,7,10-11H2,1-6H3. The lowest BCUT2D eigenvalue weighted by Gasteiger charge is -2.28. The number of carbonyl (C=O) groups is 1. The maximum Gasteiger partial charge on any atom is 0.260 e. The largest absolute Gasteiger partial charge is 0.483 e. The highest BCUT2D eigenvalue weighted by Gasteiger charge is 2.21. The number of hydrogen-bond donors (Lipinski definition) is 1. The first-order valence-electron chi connectivity index (χ1n) is 7.35. The van der Waals surface area contributed by atoms with E-state index in [-0.39, 0.29) is 12.5 Å². The zero-order valence-corrected chi connectivity index (χ0v) is 14.0. The number of amides is 1. The van der Waals surface area contributed by atoms with Crippen LogP contribution >= 0.6 is 0 Å². The van der Waals surface area contributed by atoms with E-state index >= 15 is 0 Å². The maximum absolute atomic E-state index is 12.2. The third kappa shape index (κ3) is 5.38. The van der Waals surface area contributed by atoms with Crippen LogP contribution in [-0.4, -0.2) is 41.2 Å². The fourth-order valence-electron chi connectivity index (χ4n) is 2.46. The zero-order valence-electron chi connectivity index (χ0n) is 14.0.